The monoisotopic (exact) mass is 244 g/mol. The molecule has 2 aromatic rings. The highest BCUT2D eigenvalue weighted by Crippen LogP contribution is 2.21. The minimum atomic E-state index is 0.157. The van der Waals surface area contributed by atoms with Crippen LogP contribution in [0.2, 0.25) is 0 Å². The third kappa shape index (κ3) is 2.94. The molecule has 0 atom stereocenters. The van der Waals surface area contributed by atoms with E-state index in [1.807, 2.05) is 0 Å². The van der Waals surface area contributed by atoms with Gasteiger partial charge in [-0.2, -0.15) is 0 Å². The summed E-state index contributed by atoms with van der Waals surface area (Å²) in [6.07, 6.45) is 3.37. The van der Waals surface area contributed by atoms with Crippen molar-refractivity contribution in [3.05, 3.63) is 36.0 Å². The summed E-state index contributed by atoms with van der Waals surface area (Å²) in [5, 5.41) is 4.92. The lowest BCUT2D eigenvalue weighted by atomic mass is 10.1. The summed E-state index contributed by atoms with van der Waals surface area (Å²) in [5.41, 5.74) is 2.93. The second-order valence-electron chi connectivity index (χ2n) is 5.97. The molecule has 18 heavy (non-hydrogen) atoms. The van der Waals surface area contributed by atoms with Gasteiger partial charge in [-0.05, 0) is 44.2 Å². The SMILES string of the molecule is CCCn1ccc2cccc(CNC(C)(C)C)c21. The lowest BCUT2D eigenvalue weighted by molar-refractivity contribution is 0.424. The van der Waals surface area contributed by atoms with Crippen LogP contribution >= 0.6 is 0 Å². The molecule has 2 rings (SSSR count). The maximum absolute atomic E-state index is 3.58. The van der Waals surface area contributed by atoms with Crippen molar-refractivity contribution >= 4 is 10.9 Å². The Balaban J connectivity index is 2.34. The lowest BCUT2D eigenvalue weighted by Gasteiger charge is -2.21. The molecule has 0 radical (unpaired) electrons. The minimum absolute atomic E-state index is 0.157. The second kappa shape index (κ2) is 5.15. The van der Waals surface area contributed by atoms with Gasteiger partial charge < -0.3 is 9.88 Å². The fourth-order valence-electron chi connectivity index (χ4n) is 2.27. The summed E-state index contributed by atoms with van der Waals surface area (Å²) in [6, 6.07) is 8.79. The number of benzene rings is 1. The van der Waals surface area contributed by atoms with Crippen molar-refractivity contribution in [3.8, 4) is 0 Å². The molecule has 2 heteroatoms. The molecule has 98 valence electrons. The predicted octanol–water partition coefficient (Wildman–Crippen LogP) is 3.94. The van der Waals surface area contributed by atoms with Crippen molar-refractivity contribution in [2.24, 2.45) is 0 Å². The Hall–Kier alpha value is -1.28. The van der Waals surface area contributed by atoms with Crippen molar-refractivity contribution in [2.75, 3.05) is 0 Å². The Morgan fingerprint density at radius 1 is 1.17 bits per heavy atom. The number of nitrogens with one attached hydrogen (secondary N) is 1. The average molecular weight is 244 g/mol. The van der Waals surface area contributed by atoms with Crippen LogP contribution in [0.4, 0.5) is 0 Å². The Kier molecular flexibility index (Phi) is 3.76. The summed E-state index contributed by atoms with van der Waals surface area (Å²) in [4.78, 5) is 0. The van der Waals surface area contributed by atoms with Crippen molar-refractivity contribution in [2.45, 2.75) is 52.7 Å². The quantitative estimate of drug-likeness (QED) is 0.862. The molecule has 0 fully saturated rings. The molecule has 0 saturated heterocycles. The molecule has 0 amide bonds. The smallest absolute Gasteiger partial charge is 0.0525 e. The molecule has 0 aliphatic rings. The maximum atomic E-state index is 3.58. The van der Waals surface area contributed by atoms with E-state index in [1.54, 1.807) is 0 Å². The highest BCUT2D eigenvalue weighted by atomic mass is 15.0. The molecule has 1 heterocycles. The number of aryl methyl sites for hydroxylation is 1. The lowest BCUT2D eigenvalue weighted by Crippen LogP contribution is -2.35. The first-order valence-corrected chi connectivity index (χ1v) is 6.83. The first-order chi connectivity index (χ1) is 8.51. The van der Waals surface area contributed by atoms with Gasteiger partial charge in [-0.25, -0.2) is 0 Å². The van der Waals surface area contributed by atoms with E-state index in [0.717, 1.165) is 13.1 Å². The standard InChI is InChI=1S/C16H24N2/c1-5-10-18-11-9-13-7-6-8-14(15(13)18)12-17-16(2,3)4/h6-9,11,17H,5,10,12H2,1-4H3. The van der Waals surface area contributed by atoms with Crippen molar-refractivity contribution < 1.29 is 0 Å². The zero-order chi connectivity index (χ0) is 13.2. The van der Waals surface area contributed by atoms with Crippen molar-refractivity contribution in [1.29, 1.82) is 0 Å². The number of para-hydroxylation sites is 1. The largest absolute Gasteiger partial charge is 0.347 e. The van der Waals surface area contributed by atoms with E-state index in [0.29, 0.717) is 0 Å². The molecule has 1 aromatic heterocycles. The molecule has 1 aromatic carbocycles. The third-order valence-corrected chi connectivity index (χ3v) is 3.15. The normalized spacial score (nSPS) is 12.2. The van der Waals surface area contributed by atoms with E-state index in [9.17, 15) is 0 Å². The summed E-state index contributed by atoms with van der Waals surface area (Å²) >= 11 is 0. The molecule has 0 aliphatic carbocycles. The number of rotatable bonds is 4. The third-order valence-electron chi connectivity index (χ3n) is 3.15. The summed E-state index contributed by atoms with van der Waals surface area (Å²) in [5.74, 6) is 0. The van der Waals surface area contributed by atoms with E-state index in [1.165, 1.54) is 22.9 Å². The minimum Gasteiger partial charge on any atom is -0.347 e. The predicted molar refractivity (Wildman–Crippen MR) is 78.8 cm³/mol. The number of hydrogen-bond acceptors (Lipinski definition) is 1. The number of aromatic nitrogens is 1. The van der Waals surface area contributed by atoms with Gasteiger partial charge in [0.05, 0.1) is 5.52 Å². The van der Waals surface area contributed by atoms with Crippen LogP contribution in [0.25, 0.3) is 10.9 Å². The van der Waals surface area contributed by atoms with Gasteiger partial charge in [-0.3, -0.25) is 0 Å². The van der Waals surface area contributed by atoms with E-state index in [-0.39, 0.29) is 5.54 Å². The van der Waals surface area contributed by atoms with E-state index >= 15 is 0 Å². The van der Waals surface area contributed by atoms with E-state index in [2.05, 4.69) is 68.0 Å². The number of fused-ring (bicyclic) bond motifs is 1. The summed E-state index contributed by atoms with van der Waals surface area (Å²) in [6.45, 7) is 10.9. The van der Waals surface area contributed by atoms with Crippen LogP contribution < -0.4 is 5.32 Å². The van der Waals surface area contributed by atoms with Gasteiger partial charge >= 0.3 is 0 Å². The average Bonchev–Trinajstić information content (AvgIpc) is 2.70. The zero-order valence-electron chi connectivity index (χ0n) is 12.0. The first kappa shape index (κ1) is 13.2. The summed E-state index contributed by atoms with van der Waals surface area (Å²) in [7, 11) is 0. The van der Waals surface area contributed by atoms with Gasteiger partial charge in [0, 0.05) is 24.8 Å². The Morgan fingerprint density at radius 3 is 2.61 bits per heavy atom. The van der Waals surface area contributed by atoms with Crippen LogP contribution in [0.15, 0.2) is 30.5 Å². The van der Waals surface area contributed by atoms with Gasteiger partial charge in [-0.1, -0.05) is 25.1 Å². The highest BCUT2D eigenvalue weighted by Gasteiger charge is 2.11. The first-order valence-electron chi connectivity index (χ1n) is 6.83. The molecular formula is C16H24N2. The Labute approximate surface area is 110 Å². The van der Waals surface area contributed by atoms with Gasteiger partial charge in [-0.15, -0.1) is 0 Å². The van der Waals surface area contributed by atoms with Crippen LogP contribution in [0, 0.1) is 0 Å². The van der Waals surface area contributed by atoms with Crippen LogP contribution in [0.5, 0.6) is 0 Å². The molecule has 0 unspecified atom stereocenters. The fraction of sp³-hybridized carbons (Fsp3) is 0.500. The molecular weight excluding hydrogens is 220 g/mol. The number of nitrogens with zero attached hydrogens (tertiary/aromatic N) is 1. The van der Waals surface area contributed by atoms with Gasteiger partial charge in [0.2, 0.25) is 0 Å². The van der Waals surface area contributed by atoms with E-state index in [4.69, 9.17) is 0 Å². The maximum Gasteiger partial charge on any atom is 0.0525 e. The van der Waals surface area contributed by atoms with Crippen LogP contribution in [0.3, 0.4) is 0 Å². The molecule has 0 aliphatic heterocycles. The van der Waals surface area contributed by atoms with Crippen molar-refractivity contribution in [1.82, 2.24) is 9.88 Å². The highest BCUT2D eigenvalue weighted by molar-refractivity contribution is 5.83. The Bertz CT molecular complexity index is 517. The Morgan fingerprint density at radius 2 is 1.94 bits per heavy atom. The number of hydrogen-bond donors (Lipinski definition) is 1. The molecule has 1 N–H and O–H groups in total. The van der Waals surface area contributed by atoms with Gasteiger partial charge in [0.25, 0.3) is 0 Å². The van der Waals surface area contributed by atoms with Gasteiger partial charge in [0.15, 0.2) is 0 Å². The van der Waals surface area contributed by atoms with Gasteiger partial charge in [0.1, 0.15) is 0 Å². The topological polar surface area (TPSA) is 17.0 Å². The fourth-order valence-corrected chi connectivity index (χ4v) is 2.27. The van der Waals surface area contributed by atoms with E-state index < -0.39 is 0 Å². The second-order valence-corrected chi connectivity index (χ2v) is 5.97. The molecule has 0 bridgehead atoms. The van der Waals surface area contributed by atoms with Crippen molar-refractivity contribution in [3.63, 3.8) is 0 Å². The zero-order valence-corrected chi connectivity index (χ0v) is 12.0. The van der Waals surface area contributed by atoms with Crippen LogP contribution in [-0.4, -0.2) is 10.1 Å². The van der Waals surface area contributed by atoms with Crippen LogP contribution in [-0.2, 0) is 13.1 Å². The molecule has 0 spiro atoms. The van der Waals surface area contributed by atoms with Crippen LogP contribution in [0.1, 0.15) is 39.7 Å². The molecule has 2 nitrogen and oxygen atoms in total. The summed E-state index contributed by atoms with van der Waals surface area (Å²) < 4.78 is 2.37. The molecule has 0 saturated carbocycles.